The zero-order chi connectivity index (χ0) is 17.8. The summed E-state index contributed by atoms with van der Waals surface area (Å²) in [4.78, 5) is 8.85. The molecule has 0 aliphatic heterocycles. The first-order valence-electron chi connectivity index (χ1n) is 8.96. The highest BCUT2D eigenvalue weighted by Crippen LogP contribution is 2.30. The molecule has 2 aromatic carbocycles. The van der Waals surface area contributed by atoms with Crippen molar-refractivity contribution >= 4 is 28.1 Å². The molecule has 0 unspecified atom stereocenters. The quantitative estimate of drug-likeness (QED) is 0.617. The molecule has 25 heavy (non-hydrogen) atoms. The van der Waals surface area contributed by atoms with Gasteiger partial charge in [-0.2, -0.15) is 0 Å². The molecule has 0 amide bonds. The van der Waals surface area contributed by atoms with Crippen LogP contribution in [-0.2, 0) is 0 Å². The molecule has 1 heterocycles. The lowest BCUT2D eigenvalue weighted by Crippen LogP contribution is -2.18. The van der Waals surface area contributed by atoms with Gasteiger partial charge in [0.15, 0.2) is 0 Å². The van der Waals surface area contributed by atoms with Crippen LogP contribution in [0.4, 0.5) is 17.2 Å². The summed E-state index contributed by atoms with van der Waals surface area (Å²) in [5.41, 5.74) is 5.55. The van der Waals surface area contributed by atoms with Crippen molar-refractivity contribution in [3.63, 3.8) is 0 Å². The smallest absolute Gasteiger partial charge is 0.141 e. The molecule has 4 nitrogen and oxygen atoms in total. The van der Waals surface area contributed by atoms with E-state index in [1.54, 1.807) is 6.33 Å². The number of aryl methyl sites for hydroxylation is 2. The highest BCUT2D eigenvalue weighted by Gasteiger charge is 2.10. The summed E-state index contributed by atoms with van der Waals surface area (Å²) < 4.78 is 0. The Kier molecular flexibility index (Phi) is 5.17. The maximum atomic E-state index is 4.48. The number of aromatic nitrogens is 2. The van der Waals surface area contributed by atoms with Gasteiger partial charge in [-0.05, 0) is 56.5 Å². The van der Waals surface area contributed by atoms with Crippen LogP contribution in [0.5, 0.6) is 0 Å². The highest BCUT2D eigenvalue weighted by atomic mass is 15.0. The molecule has 0 saturated heterocycles. The van der Waals surface area contributed by atoms with Crippen LogP contribution in [0, 0.1) is 13.8 Å². The van der Waals surface area contributed by atoms with Crippen LogP contribution in [0.2, 0.25) is 0 Å². The first-order chi connectivity index (χ1) is 12.1. The number of hydrogen-bond donors (Lipinski definition) is 2. The molecule has 0 atom stereocenters. The van der Waals surface area contributed by atoms with E-state index in [9.17, 15) is 0 Å². The molecule has 1 aromatic heterocycles. The van der Waals surface area contributed by atoms with Crippen molar-refractivity contribution in [1.82, 2.24) is 9.97 Å². The molecule has 3 aromatic rings. The van der Waals surface area contributed by atoms with Crippen LogP contribution in [0.15, 0.2) is 42.7 Å². The van der Waals surface area contributed by atoms with Crippen molar-refractivity contribution in [3.05, 3.63) is 53.9 Å². The van der Waals surface area contributed by atoms with Gasteiger partial charge in [0, 0.05) is 11.4 Å². The number of nitrogens with one attached hydrogen (secondary N) is 2. The largest absolute Gasteiger partial charge is 0.381 e. The third kappa shape index (κ3) is 3.90. The fraction of sp³-hybridized carbons (Fsp3) is 0.333. The fourth-order valence-corrected chi connectivity index (χ4v) is 3.00. The topological polar surface area (TPSA) is 49.8 Å². The summed E-state index contributed by atoms with van der Waals surface area (Å²) in [6.07, 6.45) is 3.81. The van der Waals surface area contributed by atoms with Gasteiger partial charge in [0.2, 0.25) is 0 Å². The van der Waals surface area contributed by atoms with Crippen molar-refractivity contribution in [1.29, 1.82) is 0 Å². The molecule has 0 saturated carbocycles. The van der Waals surface area contributed by atoms with E-state index in [2.05, 4.69) is 78.6 Å². The second-order valence-corrected chi connectivity index (χ2v) is 6.57. The number of hydrogen-bond acceptors (Lipinski definition) is 4. The Balaban J connectivity index is 1.99. The van der Waals surface area contributed by atoms with Gasteiger partial charge in [-0.25, -0.2) is 9.97 Å². The minimum Gasteiger partial charge on any atom is -0.381 e. The summed E-state index contributed by atoms with van der Waals surface area (Å²) in [7, 11) is 0. The molecule has 3 rings (SSSR count). The molecule has 2 N–H and O–H groups in total. The second-order valence-electron chi connectivity index (χ2n) is 6.57. The number of rotatable bonds is 6. The van der Waals surface area contributed by atoms with Crippen LogP contribution in [0.3, 0.4) is 0 Å². The zero-order valence-corrected chi connectivity index (χ0v) is 15.4. The number of benzene rings is 2. The molecular weight excluding hydrogens is 308 g/mol. The van der Waals surface area contributed by atoms with Crippen LogP contribution in [-0.4, -0.2) is 16.0 Å². The molecule has 0 aliphatic carbocycles. The average molecular weight is 334 g/mol. The van der Waals surface area contributed by atoms with E-state index < -0.39 is 0 Å². The van der Waals surface area contributed by atoms with Gasteiger partial charge in [0.25, 0.3) is 0 Å². The van der Waals surface area contributed by atoms with Crippen molar-refractivity contribution in [2.24, 2.45) is 0 Å². The summed E-state index contributed by atoms with van der Waals surface area (Å²) in [5, 5.41) is 8.21. The SMILES string of the molecule is CCC(CC)Nc1cc(C)ccc1Nc1ncnc2ccc(C)cc12. The first-order valence-corrected chi connectivity index (χ1v) is 8.96. The second kappa shape index (κ2) is 7.51. The molecule has 0 aliphatic rings. The van der Waals surface area contributed by atoms with Gasteiger partial charge < -0.3 is 10.6 Å². The van der Waals surface area contributed by atoms with Crippen LogP contribution in [0.25, 0.3) is 10.9 Å². The van der Waals surface area contributed by atoms with Crippen LogP contribution >= 0.6 is 0 Å². The van der Waals surface area contributed by atoms with Crippen molar-refractivity contribution in [2.45, 2.75) is 46.6 Å². The van der Waals surface area contributed by atoms with Gasteiger partial charge >= 0.3 is 0 Å². The number of anilines is 3. The molecule has 130 valence electrons. The lowest BCUT2D eigenvalue weighted by atomic mass is 10.1. The van der Waals surface area contributed by atoms with Crippen molar-refractivity contribution in [2.75, 3.05) is 10.6 Å². The number of nitrogens with zero attached hydrogens (tertiary/aromatic N) is 2. The summed E-state index contributed by atoms with van der Waals surface area (Å²) in [6.45, 7) is 8.63. The highest BCUT2D eigenvalue weighted by molar-refractivity contribution is 5.92. The van der Waals surface area contributed by atoms with Crippen LogP contribution < -0.4 is 10.6 Å². The lowest BCUT2D eigenvalue weighted by Gasteiger charge is -2.20. The number of fused-ring (bicyclic) bond motifs is 1. The monoisotopic (exact) mass is 334 g/mol. The first kappa shape index (κ1) is 17.2. The molecular formula is C21H26N4. The normalized spacial score (nSPS) is 11.1. The van der Waals surface area contributed by atoms with E-state index in [0.717, 1.165) is 40.9 Å². The predicted octanol–water partition coefficient (Wildman–Crippen LogP) is 5.59. The average Bonchev–Trinajstić information content (AvgIpc) is 2.62. The predicted molar refractivity (Wildman–Crippen MR) is 107 cm³/mol. The van der Waals surface area contributed by atoms with Gasteiger partial charge in [-0.15, -0.1) is 0 Å². The maximum absolute atomic E-state index is 4.48. The van der Waals surface area contributed by atoms with Crippen molar-refractivity contribution in [3.8, 4) is 0 Å². The van der Waals surface area contributed by atoms with Crippen molar-refractivity contribution < 1.29 is 0 Å². The molecule has 0 spiro atoms. The van der Waals surface area contributed by atoms with E-state index in [-0.39, 0.29) is 0 Å². The van der Waals surface area contributed by atoms with Gasteiger partial charge in [-0.3, -0.25) is 0 Å². The molecule has 0 fully saturated rings. The van der Waals surface area contributed by atoms with E-state index in [4.69, 9.17) is 0 Å². The Hall–Kier alpha value is -2.62. The summed E-state index contributed by atoms with van der Waals surface area (Å²) in [6, 6.07) is 13.1. The van der Waals surface area contributed by atoms with Gasteiger partial charge in [0.05, 0.1) is 16.9 Å². The van der Waals surface area contributed by atoms with Gasteiger partial charge in [-0.1, -0.05) is 31.5 Å². The Morgan fingerprint density at radius 2 is 1.60 bits per heavy atom. The standard InChI is InChI=1S/C21H26N4/c1-5-16(6-2)24-20-12-15(4)8-10-19(20)25-21-17-11-14(3)7-9-18(17)22-13-23-21/h7-13,16,24H,5-6H2,1-4H3,(H,22,23,25). The maximum Gasteiger partial charge on any atom is 0.141 e. The third-order valence-corrected chi connectivity index (χ3v) is 4.56. The van der Waals surface area contributed by atoms with E-state index in [0.29, 0.717) is 6.04 Å². The van der Waals surface area contributed by atoms with E-state index >= 15 is 0 Å². The Bertz CT molecular complexity index is 869. The third-order valence-electron chi connectivity index (χ3n) is 4.56. The summed E-state index contributed by atoms with van der Waals surface area (Å²) >= 11 is 0. The van der Waals surface area contributed by atoms with Crippen LogP contribution in [0.1, 0.15) is 37.8 Å². The molecule has 4 heteroatoms. The summed E-state index contributed by atoms with van der Waals surface area (Å²) in [5.74, 6) is 0.838. The minimum absolute atomic E-state index is 0.465. The Morgan fingerprint density at radius 1 is 0.880 bits per heavy atom. The Labute approximate surface area is 149 Å². The van der Waals surface area contributed by atoms with E-state index in [1.165, 1.54) is 11.1 Å². The molecule has 0 radical (unpaired) electrons. The van der Waals surface area contributed by atoms with Gasteiger partial charge in [0.1, 0.15) is 12.1 Å². The Morgan fingerprint density at radius 3 is 2.36 bits per heavy atom. The molecule has 0 bridgehead atoms. The lowest BCUT2D eigenvalue weighted by molar-refractivity contribution is 0.672. The van der Waals surface area contributed by atoms with E-state index in [1.807, 2.05) is 6.07 Å². The fourth-order valence-electron chi connectivity index (χ4n) is 3.00. The minimum atomic E-state index is 0.465. The zero-order valence-electron chi connectivity index (χ0n) is 15.4.